The van der Waals surface area contributed by atoms with Crippen LogP contribution in [0.3, 0.4) is 0 Å². The molecule has 0 aromatic heterocycles. The molecule has 3 saturated heterocycles. The number of fused-ring (bicyclic) bond motifs is 1. The lowest BCUT2D eigenvalue weighted by Crippen LogP contribution is -2.76. The number of benzene rings is 1. The lowest BCUT2D eigenvalue weighted by molar-refractivity contribution is -0.260. The summed E-state index contributed by atoms with van der Waals surface area (Å²) in [6.07, 6.45) is 2.41. The van der Waals surface area contributed by atoms with Gasteiger partial charge in [0.2, 0.25) is 0 Å². The van der Waals surface area contributed by atoms with E-state index in [2.05, 4.69) is 48.9 Å². The number of ether oxygens (including phenoxy) is 2. The van der Waals surface area contributed by atoms with Gasteiger partial charge < -0.3 is 19.5 Å². The number of allylic oxidation sites excluding steroid dienone is 1. The third-order valence-electron chi connectivity index (χ3n) is 8.14. The summed E-state index contributed by atoms with van der Waals surface area (Å²) >= 11 is 0. The van der Waals surface area contributed by atoms with Crippen molar-refractivity contribution in [2.45, 2.75) is 50.2 Å². The lowest BCUT2D eigenvalue weighted by Gasteiger charge is -2.58. The van der Waals surface area contributed by atoms with Gasteiger partial charge >= 0.3 is 5.97 Å². The highest BCUT2D eigenvalue weighted by atomic mass is 16.6. The van der Waals surface area contributed by atoms with Gasteiger partial charge in [-0.3, -0.25) is 9.69 Å². The van der Waals surface area contributed by atoms with Crippen molar-refractivity contribution in [2.75, 3.05) is 32.1 Å². The molecule has 6 heteroatoms. The van der Waals surface area contributed by atoms with E-state index in [1.165, 1.54) is 12.7 Å². The molecule has 29 heavy (non-hydrogen) atoms. The van der Waals surface area contributed by atoms with E-state index in [1.54, 1.807) is 0 Å². The summed E-state index contributed by atoms with van der Waals surface area (Å²) in [6, 6.07) is 8.32. The number of esters is 1. The molecule has 4 aliphatic rings. The fourth-order valence-corrected chi connectivity index (χ4v) is 7.05. The zero-order valence-electron chi connectivity index (χ0n) is 17.6. The Morgan fingerprint density at radius 2 is 2.14 bits per heavy atom. The van der Waals surface area contributed by atoms with Gasteiger partial charge in [-0.15, -0.1) is 0 Å². The predicted octanol–water partition coefficient (Wildman–Crippen LogP) is 2.27. The number of nitrogens with zero attached hydrogens (tertiary/aromatic N) is 2. The summed E-state index contributed by atoms with van der Waals surface area (Å²) in [4.78, 5) is 17.9. The number of methoxy groups -OCH3 is 1. The third kappa shape index (κ3) is 2.05. The first-order valence-electron chi connectivity index (χ1n) is 10.6. The van der Waals surface area contributed by atoms with Crippen LogP contribution < -0.4 is 4.90 Å². The molecule has 1 aromatic carbocycles. The standard InChI is InChI=1S/C23H30N2O4/c1-5-15-13-25-11-10-22-16-8-6-7-9-17(16)24(3)23(22,25)18(12-14(15)2)29-21(27)19(22)20(26)28-4/h5-9,14,18-19,21,27H,10-13H2,1-4H3/b15-5-/t14?,18-,19-,21-,22?,23?/m1/s1. The van der Waals surface area contributed by atoms with Crippen LogP contribution >= 0.6 is 0 Å². The first-order chi connectivity index (χ1) is 13.9. The highest BCUT2D eigenvalue weighted by Gasteiger charge is 2.78. The summed E-state index contributed by atoms with van der Waals surface area (Å²) in [5.41, 5.74) is 2.54. The lowest BCUT2D eigenvalue weighted by atomic mass is 9.59. The summed E-state index contributed by atoms with van der Waals surface area (Å²) < 4.78 is 11.5. The number of aliphatic hydroxyl groups excluding tert-OH is 1. The van der Waals surface area contributed by atoms with Crippen LogP contribution in [-0.2, 0) is 19.7 Å². The van der Waals surface area contributed by atoms with E-state index in [9.17, 15) is 9.90 Å². The second kappa shape index (κ2) is 6.30. The Morgan fingerprint density at radius 3 is 2.86 bits per heavy atom. The summed E-state index contributed by atoms with van der Waals surface area (Å²) in [5, 5.41) is 11.1. The van der Waals surface area contributed by atoms with E-state index in [0.29, 0.717) is 5.92 Å². The highest BCUT2D eigenvalue weighted by molar-refractivity contribution is 5.81. The maximum atomic E-state index is 13.1. The zero-order valence-corrected chi connectivity index (χ0v) is 17.6. The number of anilines is 1. The summed E-state index contributed by atoms with van der Waals surface area (Å²) in [5.74, 6) is -0.810. The van der Waals surface area contributed by atoms with Crippen LogP contribution in [0.1, 0.15) is 32.3 Å². The molecule has 0 radical (unpaired) electrons. The number of para-hydroxylation sites is 1. The third-order valence-corrected chi connectivity index (χ3v) is 8.14. The summed E-state index contributed by atoms with van der Waals surface area (Å²) in [6.45, 7) is 6.03. The molecular weight excluding hydrogens is 368 g/mol. The van der Waals surface area contributed by atoms with Crippen molar-refractivity contribution in [1.29, 1.82) is 0 Å². The van der Waals surface area contributed by atoms with Gasteiger partial charge in [-0.1, -0.05) is 36.8 Å². The van der Waals surface area contributed by atoms with Gasteiger partial charge in [-0.2, -0.15) is 0 Å². The van der Waals surface area contributed by atoms with E-state index >= 15 is 0 Å². The van der Waals surface area contributed by atoms with Gasteiger partial charge in [0.25, 0.3) is 0 Å². The fourth-order valence-electron chi connectivity index (χ4n) is 7.05. The number of aliphatic hydroxyl groups is 1. The first-order valence-corrected chi connectivity index (χ1v) is 10.6. The van der Waals surface area contributed by atoms with Crippen molar-refractivity contribution < 1.29 is 19.4 Å². The Labute approximate surface area is 172 Å². The first kappa shape index (κ1) is 19.1. The minimum atomic E-state index is -1.18. The molecule has 1 spiro atoms. The number of rotatable bonds is 1. The number of carbonyl (C=O) groups is 1. The van der Waals surface area contributed by atoms with Crippen molar-refractivity contribution in [2.24, 2.45) is 11.8 Å². The highest BCUT2D eigenvalue weighted by Crippen LogP contribution is 2.67. The van der Waals surface area contributed by atoms with E-state index in [-0.39, 0.29) is 6.10 Å². The van der Waals surface area contributed by atoms with Crippen LogP contribution in [0.5, 0.6) is 0 Å². The molecule has 1 aromatic rings. The Balaban J connectivity index is 1.82. The molecule has 5 rings (SSSR count). The van der Waals surface area contributed by atoms with Gasteiger partial charge in [0.1, 0.15) is 11.6 Å². The van der Waals surface area contributed by atoms with Crippen molar-refractivity contribution in [3.05, 3.63) is 41.5 Å². The SMILES string of the molecule is C/C=C1/CN2CCC34c5ccccc5N(C)C23[C@@H](CC1C)O[C@@H](O)[C@H]4C(=O)OC. The van der Waals surface area contributed by atoms with Gasteiger partial charge in [0, 0.05) is 25.8 Å². The van der Waals surface area contributed by atoms with Crippen LogP contribution in [0.15, 0.2) is 35.9 Å². The maximum Gasteiger partial charge on any atom is 0.314 e. The second-order valence-corrected chi connectivity index (χ2v) is 8.96. The Hall–Kier alpha value is -1.89. The van der Waals surface area contributed by atoms with Crippen LogP contribution in [-0.4, -0.2) is 61.3 Å². The number of hydrogen-bond donors (Lipinski definition) is 1. The van der Waals surface area contributed by atoms with Crippen molar-refractivity contribution in [1.82, 2.24) is 4.90 Å². The molecule has 3 unspecified atom stereocenters. The molecule has 4 aliphatic heterocycles. The van der Waals surface area contributed by atoms with Crippen LogP contribution in [0.2, 0.25) is 0 Å². The van der Waals surface area contributed by atoms with E-state index < -0.39 is 29.3 Å². The normalized spacial score (nSPS) is 42.2. The van der Waals surface area contributed by atoms with Gasteiger partial charge in [0.05, 0.1) is 18.6 Å². The van der Waals surface area contributed by atoms with Crippen LogP contribution in [0, 0.1) is 11.8 Å². The molecule has 6 atom stereocenters. The second-order valence-electron chi connectivity index (χ2n) is 8.96. The van der Waals surface area contributed by atoms with Gasteiger partial charge in [-0.25, -0.2) is 0 Å². The molecule has 156 valence electrons. The van der Waals surface area contributed by atoms with Crippen LogP contribution in [0.25, 0.3) is 0 Å². The topological polar surface area (TPSA) is 62.2 Å². The quantitative estimate of drug-likeness (QED) is 0.578. The molecule has 3 fully saturated rings. The Kier molecular flexibility index (Phi) is 4.15. The molecule has 6 nitrogen and oxygen atoms in total. The molecule has 0 saturated carbocycles. The Morgan fingerprint density at radius 1 is 1.38 bits per heavy atom. The summed E-state index contributed by atoms with van der Waals surface area (Å²) in [7, 11) is 3.52. The predicted molar refractivity (Wildman–Crippen MR) is 109 cm³/mol. The number of hydrogen-bond acceptors (Lipinski definition) is 6. The average Bonchev–Trinajstić information content (AvgIpc) is 3.12. The minimum absolute atomic E-state index is 0.217. The minimum Gasteiger partial charge on any atom is -0.469 e. The van der Waals surface area contributed by atoms with E-state index in [0.717, 1.165) is 37.2 Å². The van der Waals surface area contributed by atoms with E-state index in [4.69, 9.17) is 9.47 Å². The molecule has 4 heterocycles. The Bertz CT molecular complexity index is 885. The van der Waals surface area contributed by atoms with Crippen molar-refractivity contribution in [3.8, 4) is 0 Å². The van der Waals surface area contributed by atoms with E-state index in [1.807, 2.05) is 12.1 Å². The van der Waals surface area contributed by atoms with Crippen molar-refractivity contribution >= 4 is 11.7 Å². The molecule has 1 N–H and O–H groups in total. The molecule has 0 bridgehead atoms. The van der Waals surface area contributed by atoms with Gasteiger partial charge in [-0.05, 0) is 37.3 Å². The molecular formula is C23H30N2O4. The number of carbonyl (C=O) groups excluding carboxylic acids is 1. The van der Waals surface area contributed by atoms with Crippen molar-refractivity contribution in [3.63, 3.8) is 0 Å². The molecule has 0 amide bonds. The smallest absolute Gasteiger partial charge is 0.314 e. The largest absolute Gasteiger partial charge is 0.469 e. The number of likely N-dealkylation sites (N-methyl/N-ethyl adjacent to an activating group) is 1. The maximum absolute atomic E-state index is 13.1. The molecule has 0 aliphatic carbocycles. The monoisotopic (exact) mass is 398 g/mol. The average molecular weight is 399 g/mol. The zero-order chi connectivity index (χ0) is 20.6. The van der Waals surface area contributed by atoms with Crippen LogP contribution in [0.4, 0.5) is 5.69 Å². The fraction of sp³-hybridized carbons (Fsp3) is 0.609. The van der Waals surface area contributed by atoms with Gasteiger partial charge in [0.15, 0.2) is 6.29 Å².